The fourth-order valence-corrected chi connectivity index (χ4v) is 2.52. The van der Waals surface area contributed by atoms with Crippen molar-refractivity contribution in [3.63, 3.8) is 0 Å². The molecule has 1 N–H and O–H groups in total. The van der Waals surface area contributed by atoms with Crippen molar-refractivity contribution in [2.45, 2.75) is 44.3 Å². The number of ether oxygens (including phenoxy) is 1. The van der Waals surface area contributed by atoms with Gasteiger partial charge in [-0.1, -0.05) is 19.3 Å². The van der Waals surface area contributed by atoms with Gasteiger partial charge in [0, 0.05) is 12.2 Å². The summed E-state index contributed by atoms with van der Waals surface area (Å²) in [5, 5.41) is 2.72. The molecule has 0 saturated heterocycles. The molecule has 23 heavy (non-hydrogen) atoms. The first-order chi connectivity index (χ1) is 10.9. The topological polar surface area (TPSA) is 68.3 Å². The van der Waals surface area contributed by atoms with Gasteiger partial charge in [-0.3, -0.25) is 9.78 Å². The molecular formula is C15H17F3N2O3. The van der Waals surface area contributed by atoms with Crippen LogP contribution < -0.4 is 5.32 Å². The Kier molecular flexibility index (Phi) is 5.57. The first-order valence-corrected chi connectivity index (χ1v) is 7.36. The fraction of sp³-hybridized carbons (Fsp3) is 0.533. The van der Waals surface area contributed by atoms with Crippen LogP contribution in [-0.4, -0.2) is 29.5 Å². The van der Waals surface area contributed by atoms with E-state index in [1.54, 1.807) is 0 Å². The number of alkyl halides is 3. The highest BCUT2D eigenvalue weighted by molar-refractivity contribution is 5.92. The van der Waals surface area contributed by atoms with Crippen LogP contribution in [0.25, 0.3) is 0 Å². The maximum absolute atomic E-state index is 12.8. The first kappa shape index (κ1) is 17.2. The molecular weight excluding hydrogens is 313 g/mol. The Morgan fingerprint density at radius 1 is 1.26 bits per heavy atom. The zero-order valence-electron chi connectivity index (χ0n) is 12.4. The Morgan fingerprint density at radius 2 is 1.96 bits per heavy atom. The second-order valence-corrected chi connectivity index (χ2v) is 5.38. The number of hydrogen-bond donors (Lipinski definition) is 1. The number of nitrogens with zero attached hydrogens (tertiary/aromatic N) is 1. The number of pyridine rings is 1. The van der Waals surface area contributed by atoms with Crippen LogP contribution in [0.2, 0.25) is 0 Å². The quantitative estimate of drug-likeness (QED) is 0.862. The summed E-state index contributed by atoms with van der Waals surface area (Å²) in [6.45, 7) is -0.610. The van der Waals surface area contributed by atoms with Crippen molar-refractivity contribution in [2.24, 2.45) is 0 Å². The first-order valence-electron chi connectivity index (χ1n) is 7.36. The minimum Gasteiger partial charge on any atom is -0.452 e. The lowest BCUT2D eigenvalue weighted by Gasteiger charge is -2.22. The Bertz CT molecular complexity index is 569. The van der Waals surface area contributed by atoms with Gasteiger partial charge < -0.3 is 10.1 Å². The minimum atomic E-state index is -4.76. The fourth-order valence-electron chi connectivity index (χ4n) is 2.52. The Balaban J connectivity index is 1.91. The molecule has 1 fully saturated rings. The SMILES string of the molecule is O=C(COC(=O)c1cccnc1C(F)(F)F)NC1CCCCC1. The molecule has 1 aromatic rings. The van der Waals surface area contributed by atoms with Crippen LogP contribution in [0.4, 0.5) is 13.2 Å². The van der Waals surface area contributed by atoms with E-state index >= 15 is 0 Å². The van der Waals surface area contributed by atoms with E-state index in [2.05, 4.69) is 15.0 Å². The Hall–Kier alpha value is -2.12. The Morgan fingerprint density at radius 3 is 2.61 bits per heavy atom. The van der Waals surface area contributed by atoms with Gasteiger partial charge in [-0.25, -0.2) is 4.79 Å². The van der Waals surface area contributed by atoms with Crippen LogP contribution >= 0.6 is 0 Å². The zero-order chi connectivity index (χ0) is 16.9. The van der Waals surface area contributed by atoms with Gasteiger partial charge in [0.2, 0.25) is 0 Å². The van der Waals surface area contributed by atoms with E-state index in [4.69, 9.17) is 0 Å². The molecule has 1 aliphatic carbocycles. The summed E-state index contributed by atoms with van der Waals surface area (Å²) in [6.07, 6.45) is 1.07. The molecule has 0 spiro atoms. The lowest BCUT2D eigenvalue weighted by atomic mass is 9.95. The lowest BCUT2D eigenvalue weighted by Crippen LogP contribution is -2.38. The molecule has 0 atom stereocenters. The zero-order valence-corrected chi connectivity index (χ0v) is 12.4. The predicted molar refractivity (Wildman–Crippen MR) is 74.5 cm³/mol. The van der Waals surface area contributed by atoms with E-state index in [9.17, 15) is 22.8 Å². The van der Waals surface area contributed by atoms with Gasteiger partial charge in [0.15, 0.2) is 12.3 Å². The summed E-state index contributed by atoms with van der Waals surface area (Å²) >= 11 is 0. The number of esters is 1. The number of carbonyl (C=O) groups is 2. The largest absolute Gasteiger partial charge is 0.452 e. The average molecular weight is 330 g/mol. The van der Waals surface area contributed by atoms with Gasteiger partial charge in [-0.2, -0.15) is 13.2 Å². The standard InChI is InChI=1S/C15H17F3N2O3/c16-15(17,18)13-11(7-4-8-19-13)14(22)23-9-12(21)20-10-5-2-1-3-6-10/h4,7-8,10H,1-3,5-6,9H2,(H,20,21). The molecule has 1 saturated carbocycles. The number of hydrogen-bond acceptors (Lipinski definition) is 4. The van der Waals surface area contributed by atoms with Gasteiger partial charge in [-0.15, -0.1) is 0 Å². The molecule has 0 aromatic carbocycles. The summed E-state index contributed by atoms with van der Waals surface area (Å²) in [5.41, 5.74) is -2.02. The van der Waals surface area contributed by atoms with E-state index in [1.165, 1.54) is 6.07 Å². The summed E-state index contributed by atoms with van der Waals surface area (Å²) < 4.78 is 43.0. The minimum absolute atomic E-state index is 0.0408. The maximum Gasteiger partial charge on any atom is 0.434 e. The molecule has 0 unspecified atom stereocenters. The molecule has 1 heterocycles. The number of rotatable bonds is 4. The monoisotopic (exact) mass is 330 g/mol. The number of nitrogens with one attached hydrogen (secondary N) is 1. The van der Waals surface area contributed by atoms with E-state index in [0.29, 0.717) is 0 Å². The van der Waals surface area contributed by atoms with E-state index in [-0.39, 0.29) is 6.04 Å². The molecule has 5 nitrogen and oxygen atoms in total. The molecule has 1 amide bonds. The summed E-state index contributed by atoms with van der Waals surface area (Å²) in [6, 6.07) is 2.21. The third kappa shape index (κ3) is 4.94. The van der Waals surface area contributed by atoms with Crippen LogP contribution in [0.5, 0.6) is 0 Å². The lowest BCUT2D eigenvalue weighted by molar-refractivity contribution is -0.141. The van der Waals surface area contributed by atoms with Crippen molar-refractivity contribution in [1.82, 2.24) is 10.3 Å². The van der Waals surface area contributed by atoms with Gasteiger partial charge in [0.1, 0.15) is 0 Å². The smallest absolute Gasteiger partial charge is 0.434 e. The van der Waals surface area contributed by atoms with Crippen LogP contribution in [-0.2, 0) is 15.7 Å². The molecule has 0 radical (unpaired) electrons. The van der Waals surface area contributed by atoms with Gasteiger partial charge in [0.05, 0.1) is 5.56 Å². The van der Waals surface area contributed by atoms with E-state index < -0.39 is 35.9 Å². The highest BCUT2D eigenvalue weighted by atomic mass is 19.4. The van der Waals surface area contributed by atoms with Crippen molar-refractivity contribution in [2.75, 3.05) is 6.61 Å². The molecule has 0 bridgehead atoms. The van der Waals surface area contributed by atoms with Crippen LogP contribution in [0, 0.1) is 0 Å². The number of amides is 1. The summed E-state index contributed by atoms with van der Waals surface area (Å²) in [4.78, 5) is 26.6. The molecule has 1 aromatic heterocycles. The maximum atomic E-state index is 12.8. The Labute approximate surface area is 131 Å². The second kappa shape index (κ2) is 7.43. The number of halogens is 3. The normalized spacial score (nSPS) is 16.0. The molecule has 8 heteroatoms. The summed E-state index contributed by atoms with van der Waals surface area (Å²) in [7, 11) is 0. The van der Waals surface area contributed by atoms with Gasteiger partial charge in [-0.05, 0) is 25.0 Å². The molecule has 1 aliphatic rings. The van der Waals surface area contributed by atoms with Crippen molar-refractivity contribution in [1.29, 1.82) is 0 Å². The van der Waals surface area contributed by atoms with Crippen molar-refractivity contribution < 1.29 is 27.5 Å². The third-order valence-corrected chi connectivity index (χ3v) is 3.60. The summed E-state index contributed by atoms with van der Waals surface area (Å²) in [5.74, 6) is -1.73. The van der Waals surface area contributed by atoms with Crippen LogP contribution in [0.3, 0.4) is 0 Å². The van der Waals surface area contributed by atoms with Gasteiger partial charge >= 0.3 is 12.1 Å². The van der Waals surface area contributed by atoms with Crippen molar-refractivity contribution >= 4 is 11.9 Å². The average Bonchev–Trinajstić information content (AvgIpc) is 2.53. The van der Waals surface area contributed by atoms with Crippen molar-refractivity contribution in [3.8, 4) is 0 Å². The van der Waals surface area contributed by atoms with Crippen molar-refractivity contribution in [3.05, 3.63) is 29.6 Å². The van der Waals surface area contributed by atoms with Gasteiger partial charge in [0.25, 0.3) is 5.91 Å². The molecule has 0 aliphatic heterocycles. The van der Waals surface area contributed by atoms with Crippen LogP contribution in [0.1, 0.15) is 48.2 Å². The highest BCUT2D eigenvalue weighted by Crippen LogP contribution is 2.30. The highest BCUT2D eigenvalue weighted by Gasteiger charge is 2.37. The second-order valence-electron chi connectivity index (χ2n) is 5.38. The van der Waals surface area contributed by atoms with E-state index in [0.717, 1.165) is 44.4 Å². The molecule has 126 valence electrons. The van der Waals surface area contributed by atoms with E-state index in [1.807, 2.05) is 0 Å². The predicted octanol–water partition coefficient (Wildman–Crippen LogP) is 2.71. The third-order valence-electron chi connectivity index (χ3n) is 3.60. The number of aromatic nitrogens is 1. The number of carbonyl (C=O) groups excluding carboxylic acids is 2. The molecule has 2 rings (SSSR count). The van der Waals surface area contributed by atoms with Crippen LogP contribution in [0.15, 0.2) is 18.3 Å².